The Morgan fingerprint density at radius 2 is 1.58 bits per heavy atom. The van der Waals surface area contributed by atoms with Crippen LogP contribution in [0.4, 0.5) is 0 Å². The van der Waals surface area contributed by atoms with Crippen molar-refractivity contribution in [3.63, 3.8) is 0 Å². The van der Waals surface area contributed by atoms with Crippen molar-refractivity contribution in [2.45, 2.75) is 39.0 Å². The molecule has 5 nitrogen and oxygen atoms in total. The van der Waals surface area contributed by atoms with Gasteiger partial charge in [-0.05, 0) is 75.1 Å². The lowest BCUT2D eigenvalue weighted by Crippen LogP contribution is -2.26. The number of sulfonamides is 1. The highest BCUT2D eigenvalue weighted by Crippen LogP contribution is 2.28. The lowest BCUT2D eigenvalue weighted by atomic mass is 10.1. The Morgan fingerprint density at radius 3 is 2.23 bits per heavy atom. The Morgan fingerprint density at radius 1 is 0.885 bits per heavy atom. The number of benzene rings is 2. The second-order valence-electron chi connectivity index (χ2n) is 6.04. The van der Waals surface area contributed by atoms with Gasteiger partial charge in [-0.2, -0.15) is 0 Å². The molecule has 0 aliphatic heterocycles. The van der Waals surface area contributed by atoms with Crippen LogP contribution in [0, 0.1) is 13.8 Å². The van der Waals surface area contributed by atoms with Crippen molar-refractivity contribution >= 4 is 10.0 Å². The summed E-state index contributed by atoms with van der Waals surface area (Å²) in [5.41, 5.74) is 3.02. The second kappa shape index (κ2) is 9.05. The predicted molar refractivity (Wildman–Crippen MR) is 104 cm³/mol. The summed E-state index contributed by atoms with van der Waals surface area (Å²) in [4.78, 5) is 0.294. The molecule has 0 fully saturated rings. The third kappa shape index (κ3) is 5.22. The minimum absolute atomic E-state index is 0.294. The van der Waals surface area contributed by atoms with Crippen LogP contribution in [0.1, 0.15) is 30.5 Å². The van der Waals surface area contributed by atoms with Gasteiger partial charge >= 0.3 is 0 Å². The van der Waals surface area contributed by atoms with Gasteiger partial charge in [0, 0.05) is 6.54 Å². The van der Waals surface area contributed by atoms with Crippen LogP contribution in [0.3, 0.4) is 0 Å². The molecule has 0 unspecified atom stereocenters. The summed E-state index contributed by atoms with van der Waals surface area (Å²) in [6.45, 7) is 9.13. The van der Waals surface area contributed by atoms with Gasteiger partial charge in [0.05, 0.1) is 18.1 Å². The van der Waals surface area contributed by atoms with E-state index >= 15 is 0 Å². The van der Waals surface area contributed by atoms with E-state index in [0.29, 0.717) is 42.6 Å². The second-order valence-corrected chi connectivity index (χ2v) is 7.81. The fraction of sp³-hybridized carbons (Fsp3) is 0.400. The maximum absolute atomic E-state index is 12.4. The molecule has 0 heterocycles. The smallest absolute Gasteiger partial charge is 0.240 e. The van der Waals surface area contributed by atoms with Gasteiger partial charge in [0.1, 0.15) is 0 Å². The molecular weight excluding hydrogens is 350 g/mol. The normalized spacial score (nSPS) is 11.4. The molecule has 0 aliphatic rings. The highest BCUT2D eigenvalue weighted by atomic mass is 32.2. The highest BCUT2D eigenvalue weighted by molar-refractivity contribution is 7.89. The lowest BCUT2D eigenvalue weighted by molar-refractivity contribution is 0.287. The number of hydrogen-bond acceptors (Lipinski definition) is 4. The van der Waals surface area contributed by atoms with Crippen LogP contribution < -0.4 is 14.2 Å². The van der Waals surface area contributed by atoms with E-state index in [-0.39, 0.29) is 0 Å². The van der Waals surface area contributed by atoms with E-state index < -0.39 is 10.0 Å². The SMILES string of the molecule is CCOc1ccc(CCNS(=O)(=O)c2ccc(C)c(C)c2)cc1OCC. The molecule has 0 atom stereocenters. The van der Waals surface area contributed by atoms with E-state index in [4.69, 9.17) is 9.47 Å². The predicted octanol–water partition coefficient (Wildman–Crippen LogP) is 3.62. The van der Waals surface area contributed by atoms with Crippen molar-refractivity contribution in [2.24, 2.45) is 0 Å². The Balaban J connectivity index is 2.04. The first-order chi connectivity index (χ1) is 12.4. The van der Waals surface area contributed by atoms with Crippen molar-refractivity contribution in [3.05, 3.63) is 53.1 Å². The number of aryl methyl sites for hydroxylation is 2. The molecule has 1 N–H and O–H groups in total. The Kier molecular flexibility index (Phi) is 7.06. The molecule has 0 radical (unpaired) electrons. The molecule has 0 bridgehead atoms. The third-order valence-corrected chi connectivity index (χ3v) is 5.56. The van der Waals surface area contributed by atoms with E-state index in [0.717, 1.165) is 16.7 Å². The van der Waals surface area contributed by atoms with E-state index in [2.05, 4.69) is 4.72 Å². The first-order valence-electron chi connectivity index (χ1n) is 8.82. The molecule has 142 valence electrons. The van der Waals surface area contributed by atoms with Crippen molar-refractivity contribution in [2.75, 3.05) is 19.8 Å². The molecule has 0 aromatic heterocycles. The summed E-state index contributed by atoms with van der Waals surface area (Å²) in [5.74, 6) is 1.39. The average Bonchev–Trinajstić information content (AvgIpc) is 2.59. The summed E-state index contributed by atoms with van der Waals surface area (Å²) in [5, 5.41) is 0. The van der Waals surface area contributed by atoms with Crippen molar-refractivity contribution in [1.29, 1.82) is 0 Å². The van der Waals surface area contributed by atoms with Gasteiger partial charge in [-0.3, -0.25) is 0 Å². The van der Waals surface area contributed by atoms with Gasteiger partial charge in [0.2, 0.25) is 10.0 Å². The molecule has 0 saturated carbocycles. The van der Waals surface area contributed by atoms with Crippen LogP contribution >= 0.6 is 0 Å². The molecular formula is C20H27NO4S. The molecule has 2 aromatic carbocycles. The van der Waals surface area contributed by atoms with Crippen LogP contribution in [-0.2, 0) is 16.4 Å². The zero-order valence-electron chi connectivity index (χ0n) is 15.8. The van der Waals surface area contributed by atoms with Crippen LogP contribution in [0.15, 0.2) is 41.3 Å². The Labute approximate surface area is 156 Å². The number of nitrogens with one attached hydrogen (secondary N) is 1. The zero-order valence-corrected chi connectivity index (χ0v) is 16.7. The molecule has 0 aliphatic carbocycles. The third-order valence-electron chi connectivity index (χ3n) is 4.10. The molecule has 2 rings (SSSR count). The maximum atomic E-state index is 12.4. The number of ether oxygens (including phenoxy) is 2. The first-order valence-corrected chi connectivity index (χ1v) is 10.3. The number of rotatable bonds is 9. The summed E-state index contributed by atoms with van der Waals surface area (Å²) in [6, 6.07) is 10.8. The van der Waals surface area contributed by atoms with Crippen molar-refractivity contribution < 1.29 is 17.9 Å². The van der Waals surface area contributed by atoms with Gasteiger partial charge in [0.15, 0.2) is 11.5 Å². The average molecular weight is 378 g/mol. The quantitative estimate of drug-likeness (QED) is 0.725. The van der Waals surface area contributed by atoms with Crippen LogP contribution in [0.2, 0.25) is 0 Å². The van der Waals surface area contributed by atoms with Gasteiger partial charge in [-0.1, -0.05) is 12.1 Å². The standard InChI is InChI=1S/C20H27NO4S/c1-5-24-19-10-8-17(14-20(19)25-6-2)11-12-21-26(22,23)18-9-7-15(3)16(4)13-18/h7-10,13-14,21H,5-6,11-12H2,1-4H3. The minimum Gasteiger partial charge on any atom is -0.490 e. The van der Waals surface area contributed by atoms with E-state index in [1.54, 1.807) is 12.1 Å². The molecule has 2 aromatic rings. The molecule has 0 spiro atoms. The fourth-order valence-electron chi connectivity index (χ4n) is 2.55. The Bertz CT molecular complexity index is 847. The van der Waals surface area contributed by atoms with Gasteiger partial charge in [-0.25, -0.2) is 13.1 Å². The van der Waals surface area contributed by atoms with Crippen molar-refractivity contribution in [3.8, 4) is 11.5 Å². The highest BCUT2D eigenvalue weighted by Gasteiger charge is 2.14. The maximum Gasteiger partial charge on any atom is 0.240 e. The monoisotopic (exact) mass is 377 g/mol. The van der Waals surface area contributed by atoms with Crippen LogP contribution in [0.25, 0.3) is 0 Å². The van der Waals surface area contributed by atoms with E-state index in [9.17, 15) is 8.42 Å². The van der Waals surface area contributed by atoms with E-state index in [1.165, 1.54) is 0 Å². The summed E-state index contributed by atoms with van der Waals surface area (Å²) in [7, 11) is -3.51. The lowest BCUT2D eigenvalue weighted by Gasteiger charge is -2.13. The summed E-state index contributed by atoms with van der Waals surface area (Å²) >= 11 is 0. The largest absolute Gasteiger partial charge is 0.490 e. The molecule has 0 amide bonds. The fourth-order valence-corrected chi connectivity index (χ4v) is 3.66. The van der Waals surface area contributed by atoms with Gasteiger partial charge < -0.3 is 9.47 Å². The summed E-state index contributed by atoms with van der Waals surface area (Å²) in [6.07, 6.45) is 0.566. The molecule has 0 saturated heterocycles. The summed E-state index contributed by atoms with van der Waals surface area (Å²) < 4.78 is 38.7. The van der Waals surface area contributed by atoms with Crippen molar-refractivity contribution in [1.82, 2.24) is 4.72 Å². The topological polar surface area (TPSA) is 64.6 Å². The van der Waals surface area contributed by atoms with Gasteiger partial charge in [0.25, 0.3) is 0 Å². The zero-order chi connectivity index (χ0) is 19.2. The van der Waals surface area contributed by atoms with E-state index in [1.807, 2.05) is 52.0 Å². The Hall–Kier alpha value is -2.05. The van der Waals surface area contributed by atoms with Crippen LogP contribution in [0.5, 0.6) is 11.5 Å². The van der Waals surface area contributed by atoms with Crippen LogP contribution in [-0.4, -0.2) is 28.2 Å². The minimum atomic E-state index is -3.51. The number of hydrogen-bond donors (Lipinski definition) is 1. The first kappa shape index (κ1) is 20.3. The molecule has 6 heteroatoms. The van der Waals surface area contributed by atoms with Gasteiger partial charge in [-0.15, -0.1) is 0 Å². The molecule has 26 heavy (non-hydrogen) atoms.